The van der Waals surface area contributed by atoms with Crippen molar-refractivity contribution in [3.8, 4) is 12.3 Å². The Kier molecular flexibility index (Phi) is 5.33. The number of benzene rings is 1. The van der Waals surface area contributed by atoms with Crippen LogP contribution in [0.3, 0.4) is 0 Å². The van der Waals surface area contributed by atoms with Crippen LogP contribution in [0.1, 0.15) is 5.56 Å². The van der Waals surface area contributed by atoms with Gasteiger partial charge in [0.05, 0.1) is 6.04 Å². The molecule has 1 unspecified atom stereocenters. The lowest BCUT2D eigenvalue weighted by Gasteiger charge is -2.11. The standard InChI is InChI=1S/C15H15NO/c1-3-5-11-15(17)16-14(4-2)12-13-9-7-6-8-10-13/h2-3,5-11,14H,1,12H2,(H,16,17)/b11-5+. The van der Waals surface area contributed by atoms with E-state index in [1.807, 2.05) is 30.3 Å². The van der Waals surface area contributed by atoms with Gasteiger partial charge in [-0.3, -0.25) is 4.79 Å². The lowest BCUT2D eigenvalue weighted by Crippen LogP contribution is -2.34. The summed E-state index contributed by atoms with van der Waals surface area (Å²) in [5, 5.41) is 2.74. The van der Waals surface area contributed by atoms with Crippen LogP contribution in [-0.2, 0) is 11.2 Å². The van der Waals surface area contributed by atoms with Gasteiger partial charge < -0.3 is 5.32 Å². The Hall–Kier alpha value is -2.27. The predicted molar refractivity (Wildman–Crippen MR) is 70.2 cm³/mol. The maximum Gasteiger partial charge on any atom is 0.244 e. The average Bonchev–Trinajstić information content (AvgIpc) is 2.36. The van der Waals surface area contributed by atoms with Crippen molar-refractivity contribution in [2.24, 2.45) is 0 Å². The lowest BCUT2D eigenvalue weighted by atomic mass is 10.1. The number of allylic oxidation sites excluding steroid dienone is 2. The molecule has 1 aromatic rings. The topological polar surface area (TPSA) is 29.1 Å². The van der Waals surface area contributed by atoms with Crippen LogP contribution in [0.4, 0.5) is 0 Å². The zero-order chi connectivity index (χ0) is 12.5. The highest BCUT2D eigenvalue weighted by atomic mass is 16.1. The Bertz CT molecular complexity index is 440. The van der Waals surface area contributed by atoms with Crippen molar-refractivity contribution in [3.05, 3.63) is 60.7 Å². The molecule has 86 valence electrons. The molecule has 0 aromatic heterocycles. The van der Waals surface area contributed by atoms with E-state index >= 15 is 0 Å². The van der Waals surface area contributed by atoms with Gasteiger partial charge in [0.25, 0.3) is 0 Å². The molecule has 2 nitrogen and oxygen atoms in total. The van der Waals surface area contributed by atoms with Crippen molar-refractivity contribution in [1.29, 1.82) is 0 Å². The normalized spacial score (nSPS) is 11.7. The van der Waals surface area contributed by atoms with Crippen molar-refractivity contribution >= 4 is 5.91 Å². The second-order valence-corrected chi connectivity index (χ2v) is 3.51. The SMILES string of the molecule is C#CC(Cc1ccccc1)NC(=O)/C=C/C=C. The Labute approximate surface area is 102 Å². The Morgan fingerprint density at radius 3 is 2.76 bits per heavy atom. The molecular weight excluding hydrogens is 210 g/mol. The van der Waals surface area contributed by atoms with Crippen LogP contribution in [0.5, 0.6) is 0 Å². The van der Waals surface area contributed by atoms with Crippen LogP contribution in [-0.4, -0.2) is 11.9 Å². The fourth-order valence-corrected chi connectivity index (χ4v) is 1.38. The van der Waals surface area contributed by atoms with E-state index < -0.39 is 0 Å². The number of carbonyl (C=O) groups excluding carboxylic acids is 1. The van der Waals surface area contributed by atoms with E-state index in [0.717, 1.165) is 5.56 Å². The van der Waals surface area contributed by atoms with Crippen LogP contribution in [0.25, 0.3) is 0 Å². The maximum atomic E-state index is 11.4. The first-order valence-electron chi connectivity index (χ1n) is 5.36. The van der Waals surface area contributed by atoms with Crippen LogP contribution < -0.4 is 5.32 Å². The summed E-state index contributed by atoms with van der Waals surface area (Å²) >= 11 is 0. The number of amides is 1. The molecule has 0 bridgehead atoms. The first kappa shape index (κ1) is 12.8. The van der Waals surface area contributed by atoms with E-state index in [1.165, 1.54) is 6.08 Å². The third-order valence-electron chi connectivity index (χ3n) is 2.18. The van der Waals surface area contributed by atoms with Gasteiger partial charge in [0.2, 0.25) is 5.91 Å². The van der Waals surface area contributed by atoms with Gasteiger partial charge in [0.1, 0.15) is 0 Å². The third-order valence-corrected chi connectivity index (χ3v) is 2.18. The first-order chi connectivity index (χ1) is 8.26. The van der Waals surface area contributed by atoms with E-state index in [1.54, 1.807) is 12.2 Å². The smallest absolute Gasteiger partial charge is 0.244 e. The summed E-state index contributed by atoms with van der Waals surface area (Å²) in [5.74, 6) is 2.36. The number of hydrogen-bond acceptors (Lipinski definition) is 1. The first-order valence-corrected chi connectivity index (χ1v) is 5.36. The molecule has 17 heavy (non-hydrogen) atoms. The van der Waals surface area contributed by atoms with Gasteiger partial charge in [-0.1, -0.05) is 55.0 Å². The summed E-state index contributed by atoms with van der Waals surface area (Å²) in [6.45, 7) is 3.49. The minimum absolute atomic E-state index is 0.205. The van der Waals surface area contributed by atoms with Gasteiger partial charge in [-0.25, -0.2) is 0 Å². The predicted octanol–water partition coefficient (Wildman–Crippen LogP) is 2.09. The summed E-state index contributed by atoms with van der Waals surface area (Å²) in [4.78, 5) is 11.4. The van der Waals surface area contributed by atoms with Gasteiger partial charge >= 0.3 is 0 Å². The maximum absolute atomic E-state index is 11.4. The fourth-order valence-electron chi connectivity index (χ4n) is 1.38. The summed E-state index contributed by atoms with van der Waals surface area (Å²) in [6, 6.07) is 9.51. The van der Waals surface area contributed by atoms with E-state index in [4.69, 9.17) is 6.42 Å². The highest BCUT2D eigenvalue weighted by Crippen LogP contribution is 2.02. The minimum Gasteiger partial charge on any atom is -0.339 e. The van der Waals surface area contributed by atoms with Crippen molar-refractivity contribution < 1.29 is 4.79 Å². The second-order valence-electron chi connectivity index (χ2n) is 3.51. The minimum atomic E-state index is -0.292. The molecule has 0 spiro atoms. The molecule has 1 aromatic carbocycles. The molecule has 0 aliphatic carbocycles. The van der Waals surface area contributed by atoms with Crippen molar-refractivity contribution in [2.75, 3.05) is 0 Å². The van der Waals surface area contributed by atoms with Gasteiger partial charge in [0.15, 0.2) is 0 Å². The molecule has 0 fully saturated rings. The molecule has 0 aliphatic heterocycles. The molecule has 0 radical (unpaired) electrons. The van der Waals surface area contributed by atoms with E-state index in [-0.39, 0.29) is 11.9 Å². The summed E-state index contributed by atoms with van der Waals surface area (Å²) in [7, 11) is 0. The summed E-state index contributed by atoms with van der Waals surface area (Å²) < 4.78 is 0. The van der Waals surface area contributed by atoms with Crippen molar-refractivity contribution in [2.45, 2.75) is 12.5 Å². The van der Waals surface area contributed by atoms with Crippen molar-refractivity contribution in [1.82, 2.24) is 5.32 Å². The Balaban J connectivity index is 2.56. The number of carbonyl (C=O) groups is 1. The largest absolute Gasteiger partial charge is 0.339 e. The lowest BCUT2D eigenvalue weighted by molar-refractivity contribution is -0.116. The van der Waals surface area contributed by atoms with Gasteiger partial charge in [-0.2, -0.15) is 0 Å². The van der Waals surface area contributed by atoms with Crippen LogP contribution in [0, 0.1) is 12.3 Å². The zero-order valence-electron chi connectivity index (χ0n) is 9.60. The monoisotopic (exact) mass is 225 g/mol. The Morgan fingerprint density at radius 2 is 2.18 bits per heavy atom. The molecule has 0 heterocycles. The molecule has 1 amide bonds. The van der Waals surface area contributed by atoms with Crippen LogP contribution in [0.2, 0.25) is 0 Å². The van der Waals surface area contributed by atoms with Crippen molar-refractivity contribution in [3.63, 3.8) is 0 Å². The van der Waals surface area contributed by atoms with Crippen LogP contribution >= 0.6 is 0 Å². The molecule has 1 rings (SSSR count). The summed E-state index contributed by atoms with van der Waals surface area (Å²) in [6.07, 6.45) is 10.5. The fraction of sp³-hybridized carbons (Fsp3) is 0.133. The summed E-state index contributed by atoms with van der Waals surface area (Å²) in [5.41, 5.74) is 1.10. The number of nitrogens with one attached hydrogen (secondary N) is 1. The van der Waals surface area contributed by atoms with Gasteiger partial charge in [-0.05, 0) is 5.56 Å². The second kappa shape index (κ2) is 7.08. The molecule has 1 atom stereocenters. The molecule has 1 N–H and O–H groups in total. The zero-order valence-corrected chi connectivity index (χ0v) is 9.60. The highest BCUT2D eigenvalue weighted by molar-refractivity contribution is 5.88. The van der Waals surface area contributed by atoms with Gasteiger partial charge in [0, 0.05) is 12.5 Å². The molecule has 0 saturated heterocycles. The van der Waals surface area contributed by atoms with E-state index in [2.05, 4.69) is 17.8 Å². The van der Waals surface area contributed by atoms with Crippen LogP contribution in [0.15, 0.2) is 55.1 Å². The number of terminal acetylenes is 1. The molecular formula is C15H15NO. The van der Waals surface area contributed by atoms with Gasteiger partial charge in [-0.15, -0.1) is 6.42 Å². The molecule has 2 heteroatoms. The highest BCUT2D eigenvalue weighted by Gasteiger charge is 2.07. The Morgan fingerprint density at radius 1 is 1.47 bits per heavy atom. The third kappa shape index (κ3) is 4.85. The molecule has 0 aliphatic rings. The van der Waals surface area contributed by atoms with E-state index in [0.29, 0.717) is 6.42 Å². The molecule has 0 saturated carbocycles. The average molecular weight is 225 g/mol. The number of hydrogen-bond donors (Lipinski definition) is 1. The quantitative estimate of drug-likeness (QED) is 0.464. The number of rotatable bonds is 5. The van der Waals surface area contributed by atoms with E-state index in [9.17, 15) is 4.79 Å².